The maximum Gasteiger partial charge on any atom is 0.276 e. The third-order valence-electron chi connectivity index (χ3n) is 2.83. The number of aldehydes is 1. The Morgan fingerprint density at radius 3 is 2.82 bits per heavy atom. The van der Waals surface area contributed by atoms with Gasteiger partial charge in [0.05, 0.1) is 19.3 Å². The van der Waals surface area contributed by atoms with Gasteiger partial charge in [-0.3, -0.25) is 4.79 Å². The van der Waals surface area contributed by atoms with Crippen LogP contribution in [0.25, 0.3) is 0 Å². The van der Waals surface area contributed by atoms with Crippen molar-refractivity contribution < 1.29 is 18.7 Å². The molecule has 2 aromatic rings. The van der Waals surface area contributed by atoms with Crippen molar-refractivity contribution in [3.8, 4) is 11.5 Å². The minimum Gasteiger partial charge on any atom is -0.493 e. The summed E-state index contributed by atoms with van der Waals surface area (Å²) >= 11 is 1.41. The maximum atomic E-state index is 11.0. The zero-order valence-electron chi connectivity index (χ0n) is 12.7. The van der Waals surface area contributed by atoms with Crippen LogP contribution in [0.4, 0.5) is 0 Å². The molecule has 0 spiro atoms. The number of rotatable bonds is 8. The Hall–Kier alpha value is -2.02. The van der Waals surface area contributed by atoms with Crippen LogP contribution in [0.3, 0.4) is 0 Å². The average Bonchev–Trinajstić information content (AvgIpc) is 3.00. The third kappa shape index (κ3) is 4.00. The molecular formula is C15H18N2O4S. The van der Waals surface area contributed by atoms with Crippen molar-refractivity contribution in [2.45, 2.75) is 25.0 Å². The summed E-state index contributed by atoms with van der Waals surface area (Å²) in [4.78, 5) is 11.0. The Labute approximate surface area is 133 Å². The van der Waals surface area contributed by atoms with Gasteiger partial charge in [-0.15, -0.1) is 10.2 Å². The van der Waals surface area contributed by atoms with Crippen LogP contribution in [-0.4, -0.2) is 36.0 Å². The molecule has 0 saturated carbocycles. The largest absolute Gasteiger partial charge is 0.493 e. The summed E-state index contributed by atoms with van der Waals surface area (Å²) in [6, 6.07) is 5.18. The molecule has 0 radical (unpaired) electrons. The van der Waals surface area contributed by atoms with Gasteiger partial charge in [0.2, 0.25) is 5.89 Å². The Kier molecular flexibility index (Phi) is 5.83. The second kappa shape index (κ2) is 7.84. The maximum absolute atomic E-state index is 11.0. The Morgan fingerprint density at radius 1 is 1.36 bits per heavy atom. The van der Waals surface area contributed by atoms with Gasteiger partial charge >= 0.3 is 0 Å². The molecule has 0 atom stereocenters. The van der Waals surface area contributed by atoms with Crippen molar-refractivity contribution in [2.75, 3.05) is 19.5 Å². The number of hydrogen-bond donors (Lipinski definition) is 0. The number of ether oxygens (including phenoxy) is 2. The van der Waals surface area contributed by atoms with Crippen LogP contribution < -0.4 is 9.47 Å². The van der Waals surface area contributed by atoms with E-state index in [2.05, 4.69) is 10.2 Å². The van der Waals surface area contributed by atoms with Gasteiger partial charge in [-0.1, -0.05) is 31.7 Å². The summed E-state index contributed by atoms with van der Waals surface area (Å²) in [5.41, 5.74) is 0.462. The molecule has 0 aliphatic rings. The summed E-state index contributed by atoms with van der Waals surface area (Å²) in [6.45, 7) is 4.38. The van der Waals surface area contributed by atoms with E-state index < -0.39 is 0 Å². The molecule has 1 aromatic carbocycles. The third-order valence-corrected chi connectivity index (χ3v) is 3.61. The molecule has 0 unspecified atom stereocenters. The highest BCUT2D eigenvalue weighted by atomic mass is 32.2. The minimum atomic E-state index is 0.210. The second-order valence-electron chi connectivity index (χ2n) is 4.75. The van der Waals surface area contributed by atoms with Gasteiger partial charge in [0.25, 0.3) is 5.22 Å². The number of carbonyl (C=O) groups excluding carboxylic acids is 1. The molecule has 0 bridgehead atoms. The summed E-state index contributed by atoms with van der Waals surface area (Å²) in [6.07, 6.45) is 0.748. The Balaban J connectivity index is 1.89. The Morgan fingerprint density at radius 2 is 2.18 bits per heavy atom. The summed E-state index contributed by atoms with van der Waals surface area (Å²) < 4.78 is 16.4. The monoisotopic (exact) mass is 322 g/mol. The fraction of sp³-hybridized carbons (Fsp3) is 0.400. The first-order valence-corrected chi connectivity index (χ1v) is 7.85. The second-order valence-corrected chi connectivity index (χ2v) is 5.80. The molecule has 0 aliphatic heterocycles. The van der Waals surface area contributed by atoms with Crippen LogP contribution in [0.1, 0.15) is 36.0 Å². The summed E-state index contributed by atoms with van der Waals surface area (Å²) in [5, 5.41) is 8.44. The highest BCUT2D eigenvalue weighted by Gasteiger charge is 2.12. The first-order valence-electron chi connectivity index (χ1n) is 6.87. The molecule has 0 fully saturated rings. The average molecular weight is 322 g/mol. The van der Waals surface area contributed by atoms with Gasteiger partial charge in [-0.05, 0) is 12.1 Å². The molecule has 6 nitrogen and oxygen atoms in total. The van der Waals surface area contributed by atoms with E-state index in [9.17, 15) is 4.79 Å². The molecule has 1 aromatic heterocycles. The van der Waals surface area contributed by atoms with Gasteiger partial charge in [-0.2, -0.15) is 0 Å². The zero-order chi connectivity index (χ0) is 15.9. The minimum absolute atomic E-state index is 0.210. The number of methoxy groups -OCH3 is 1. The van der Waals surface area contributed by atoms with Gasteiger partial charge in [-0.25, -0.2) is 0 Å². The van der Waals surface area contributed by atoms with E-state index in [1.807, 2.05) is 13.8 Å². The van der Waals surface area contributed by atoms with Crippen LogP contribution in [0.2, 0.25) is 0 Å². The number of nitrogens with zero attached hydrogens (tertiary/aromatic N) is 2. The van der Waals surface area contributed by atoms with Crippen molar-refractivity contribution >= 4 is 18.0 Å². The van der Waals surface area contributed by atoms with E-state index in [0.717, 1.165) is 6.29 Å². The highest BCUT2D eigenvalue weighted by Crippen LogP contribution is 2.30. The molecule has 0 amide bonds. The zero-order valence-corrected chi connectivity index (χ0v) is 13.6. The van der Waals surface area contributed by atoms with Crippen molar-refractivity contribution in [3.05, 3.63) is 29.7 Å². The molecule has 22 heavy (non-hydrogen) atoms. The van der Waals surface area contributed by atoms with Gasteiger partial charge in [0.1, 0.15) is 0 Å². The molecule has 0 aliphatic carbocycles. The van der Waals surface area contributed by atoms with Crippen LogP contribution >= 0.6 is 11.8 Å². The van der Waals surface area contributed by atoms with Gasteiger partial charge in [0.15, 0.2) is 17.8 Å². The number of carbonyl (C=O) groups is 1. The molecule has 2 rings (SSSR count). The number of aromatic nitrogens is 2. The van der Waals surface area contributed by atoms with E-state index in [1.54, 1.807) is 18.2 Å². The molecule has 1 heterocycles. The predicted octanol–water partition coefficient (Wildman–Crippen LogP) is 3.19. The van der Waals surface area contributed by atoms with E-state index in [4.69, 9.17) is 13.9 Å². The molecule has 0 N–H and O–H groups in total. The van der Waals surface area contributed by atoms with E-state index in [0.29, 0.717) is 40.5 Å². The lowest BCUT2D eigenvalue weighted by atomic mass is 10.2. The molecule has 118 valence electrons. The standard InChI is InChI=1S/C15H18N2O4S/c1-10(2)14-16-17-15(21-14)22-8-7-20-13-11(9-18)5-4-6-12(13)19-3/h4-6,9-10H,7-8H2,1-3H3. The highest BCUT2D eigenvalue weighted by molar-refractivity contribution is 7.99. The molecule has 0 saturated heterocycles. The topological polar surface area (TPSA) is 74.5 Å². The van der Waals surface area contributed by atoms with Gasteiger partial charge in [0, 0.05) is 11.7 Å². The number of thioether (sulfide) groups is 1. The molecular weight excluding hydrogens is 304 g/mol. The fourth-order valence-electron chi connectivity index (χ4n) is 1.73. The van der Waals surface area contributed by atoms with E-state index in [1.165, 1.54) is 18.9 Å². The van der Waals surface area contributed by atoms with Crippen molar-refractivity contribution in [1.29, 1.82) is 0 Å². The van der Waals surface area contributed by atoms with Crippen molar-refractivity contribution in [1.82, 2.24) is 10.2 Å². The lowest BCUT2D eigenvalue weighted by molar-refractivity contribution is 0.111. The SMILES string of the molecule is COc1cccc(C=O)c1OCCSc1nnc(C(C)C)o1. The van der Waals surface area contributed by atoms with Crippen LogP contribution in [0.5, 0.6) is 11.5 Å². The Bertz CT molecular complexity index is 628. The quantitative estimate of drug-likeness (QED) is 0.420. The van der Waals surface area contributed by atoms with Crippen LogP contribution in [0, 0.1) is 0 Å². The van der Waals surface area contributed by atoms with Crippen LogP contribution in [0.15, 0.2) is 27.8 Å². The number of hydrogen-bond acceptors (Lipinski definition) is 7. The van der Waals surface area contributed by atoms with E-state index in [-0.39, 0.29) is 5.92 Å². The molecule has 7 heteroatoms. The van der Waals surface area contributed by atoms with Crippen molar-refractivity contribution in [3.63, 3.8) is 0 Å². The first-order chi connectivity index (χ1) is 10.7. The van der Waals surface area contributed by atoms with Gasteiger partial charge < -0.3 is 13.9 Å². The lowest BCUT2D eigenvalue weighted by Crippen LogP contribution is -2.04. The number of para-hydroxylation sites is 1. The summed E-state index contributed by atoms with van der Waals surface area (Å²) in [5.74, 6) is 2.44. The fourth-order valence-corrected chi connectivity index (χ4v) is 2.31. The lowest BCUT2D eigenvalue weighted by Gasteiger charge is -2.11. The smallest absolute Gasteiger partial charge is 0.276 e. The van der Waals surface area contributed by atoms with Crippen molar-refractivity contribution in [2.24, 2.45) is 0 Å². The predicted molar refractivity (Wildman–Crippen MR) is 83.0 cm³/mol. The first kappa shape index (κ1) is 16.4. The normalized spacial score (nSPS) is 10.7. The number of benzene rings is 1. The van der Waals surface area contributed by atoms with E-state index >= 15 is 0 Å². The van der Waals surface area contributed by atoms with Crippen LogP contribution in [-0.2, 0) is 0 Å². The summed E-state index contributed by atoms with van der Waals surface area (Å²) in [7, 11) is 1.54.